The van der Waals surface area contributed by atoms with Gasteiger partial charge >= 0.3 is 0 Å². The van der Waals surface area contributed by atoms with Gasteiger partial charge in [-0.05, 0) is 38.0 Å². The largest absolute Gasteiger partial charge is 0.295 e. The van der Waals surface area contributed by atoms with Gasteiger partial charge in [-0.1, -0.05) is 42.0 Å². The molecule has 0 atom stereocenters. The highest BCUT2D eigenvalue weighted by Gasteiger charge is 2.13. The van der Waals surface area contributed by atoms with Crippen LogP contribution in [-0.4, -0.2) is 20.7 Å². The molecule has 0 radical (unpaired) electrons. The van der Waals surface area contributed by atoms with Crippen molar-refractivity contribution >= 4 is 15.8 Å². The predicted molar refractivity (Wildman–Crippen MR) is 86.5 cm³/mol. The molecule has 0 amide bonds. The number of benzene rings is 2. The van der Waals surface area contributed by atoms with E-state index < -0.39 is 10.0 Å². The van der Waals surface area contributed by atoms with Crippen LogP contribution in [-0.2, 0) is 16.4 Å². The fourth-order valence-corrected chi connectivity index (χ4v) is 3.07. The maximum atomic E-state index is 12.2. The first kappa shape index (κ1) is 16.4. The molecule has 0 saturated heterocycles. The van der Waals surface area contributed by atoms with E-state index in [1.54, 1.807) is 0 Å². The zero-order valence-corrected chi connectivity index (χ0v) is 13.5. The van der Waals surface area contributed by atoms with E-state index in [2.05, 4.69) is 4.72 Å². The van der Waals surface area contributed by atoms with Gasteiger partial charge in [-0.25, -0.2) is 13.1 Å². The van der Waals surface area contributed by atoms with E-state index >= 15 is 0 Å². The number of sulfonamides is 1. The highest BCUT2D eigenvalue weighted by molar-refractivity contribution is 7.89. The minimum atomic E-state index is -3.54. The van der Waals surface area contributed by atoms with E-state index in [9.17, 15) is 13.2 Å². The smallest absolute Gasteiger partial charge is 0.240 e. The number of aryl methyl sites for hydroxylation is 1. The van der Waals surface area contributed by atoms with Gasteiger partial charge in [0, 0.05) is 12.1 Å². The van der Waals surface area contributed by atoms with Gasteiger partial charge < -0.3 is 0 Å². The number of carbonyl (C=O) groups excluding carboxylic acids is 1. The number of carbonyl (C=O) groups is 1. The Bertz CT molecular complexity index is 747. The number of hydrogen-bond acceptors (Lipinski definition) is 3. The highest BCUT2D eigenvalue weighted by Crippen LogP contribution is 2.11. The monoisotopic (exact) mass is 317 g/mol. The Morgan fingerprint density at radius 1 is 1.00 bits per heavy atom. The molecule has 22 heavy (non-hydrogen) atoms. The minimum Gasteiger partial charge on any atom is -0.295 e. The second kappa shape index (κ2) is 6.85. The number of nitrogens with one attached hydrogen (secondary N) is 1. The van der Waals surface area contributed by atoms with Crippen LogP contribution in [0.15, 0.2) is 53.4 Å². The summed E-state index contributed by atoms with van der Waals surface area (Å²) in [6, 6.07) is 13.9. The lowest BCUT2D eigenvalue weighted by molar-refractivity contribution is 0.101. The first-order valence-corrected chi connectivity index (χ1v) is 8.53. The van der Waals surface area contributed by atoms with Gasteiger partial charge in [0.2, 0.25) is 10.0 Å². The molecule has 116 valence electrons. The first-order valence-electron chi connectivity index (χ1n) is 7.05. The average Bonchev–Trinajstić information content (AvgIpc) is 2.49. The molecule has 0 aromatic heterocycles. The zero-order valence-electron chi connectivity index (χ0n) is 12.7. The van der Waals surface area contributed by atoms with Crippen LogP contribution < -0.4 is 4.72 Å². The molecule has 2 aromatic rings. The lowest BCUT2D eigenvalue weighted by Gasteiger charge is -2.07. The Balaban J connectivity index is 1.98. The van der Waals surface area contributed by atoms with Crippen molar-refractivity contribution in [2.24, 2.45) is 0 Å². The van der Waals surface area contributed by atoms with Crippen LogP contribution in [0.3, 0.4) is 0 Å². The maximum absolute atomic E-state index is 12.2. The second-order valence-corrected chi connectivity index (χ2v) is 6.98. The van der Waals surface area contributed by atoms with Gasteiger partial charge in [0.15, 0.2) is 5.78 Å². The third kappa shape index (κ3) is 4.26. The van der Waals surface area contributed by atoms with Crippen molar-refractivity contribution < 1.29 is 13.2 Å². The molecule has 0 heterocycles. The van der Waals surface area contributed by atoms with Crippen LogP contribution in [0.4, 0.5) is 0 Å². The summed E-state index contributed by atoms with van der Waals surface area (Å²) < 4.78 is 26.9. The third-order valence-corrected chi connectivity index (χ3v) is 4.87. The van der Waals surface area contributed by atoms with Gasteiger partial charge in [0.05, 0.1) is 4.90 Å². The van der Waals surface area contributed by atoms with Crippen molar-refractivity contribution in [1.82, 2.24) is 4.72 Å². The molecule has 0 fully saturated rings. The Morgan fingerprint density at radius 2 is 1.59 bits per heavy atom. The fourth-order valence-electron chi connectivity index (χ4n) is 2.04. The van der Waals surface area contributed by atoms with Gasteiger partial charge in [-0.15, -0.1) is 0 Å². The van der Waals surface area contributed by atoms with E-state index in [0.29, 0.717) is 18.5 Å². The summed E-state index contributed by atoms with van der Waals surface area (Å²) in [5.74, 6) is -0.0868. The molecule has 0 aliphatic heterocycles. The van der Waals surface area contributed by atoms with Gasteiger partial charge in [-0.3, -0.25) is 4.79 Å². The quantitative estimate of drug-likeness (QED) is 0.833. The maximum Gasteiger partial charge on any atom is 0.240 e. The first-order chi connectivity index (χ1) is 10.4. The highest BCUT2D eigenvalue weighted by atomic mass is 32.2. The van der Waals surface area contributed by atoms with Crippen molar-refractivity contribution in [3.05, 3.63) is 65.2 Å². The van der Waals surface area contributed by atoms with E-state index in [-0.39, 0.29) is 10.7 Å². The molecule has 0 unspecified atom stereocenters. The summed E-state index contributed by atoms with van der Waals surface area (Å²) in [4.78, 5) is 11.4. The van der Waals surface area contributed by atoms with E-state index in [1.165, 1.54) is 36.8 Å². The minimum absolute atomic E-state index is 0.0868. The molecule has 2 rings (SSSR count). The second-order valence-electron chi connectivity index (χ2n) is 5.21. The fraction of sp³-hybridized carbons (Fsp3) is 0.235. The standard InChI is InChI=1S/C17H19NO3S/c1-13-3-5-15(6-4-13)11-12-18-22(20,21)17-9-7-16(8-10-17)14(2)19/h3-10,18H,11-12H2,1-2H3. The van der Waals surface area contributed by atoms with Crippen LogP contribution in [0.5, 0.6) is 0 Å². The summed E-state index contributed by atoms with van der Waals surface area (Å²) >= 11 is 0. The normalized spacial score (nSPS) is 11.4. The topological polar surface area (TPSA) is 63.2 Å². The molecule has 2 aromatic carbocycles. The van der Waals surface area contributed by atoms with Crippen LogP contribution >= 0.6 is 0 Å². The lowest BCUT2D eigenvalue weighted by Crippen LogP contribution is -2.26. The number of rotatable bonds is 6. The van der Waals surface area contributed by atoms with Crippen molar-refractivity contribution in [3.63, 3.8) is 0 Å². The molecule has 0 saturated carbocycles. The van der Waals surface area contributed by atoms with E-state index in [4.69, 9.17) is 0 Å². The van der Waals surface area contributed by atoms with Crippen LogP contribution in [0, 0.1) is 6.92 Å². The number of hydrogen-bond donors (Lipinski definition) is 1. The Morgan fingerprint density at radius 3 is 2.14 bits per heavy atom. The molecule has 4 nitrogen and oxygen atoms in total. The number of ketones is 1. The molecule has 0 aliphatic carbocycles. The van der Waals surface area contributed by atoms with Crippen molar-refractivity contribution in [1.29, 1.82) is 0 Å². The van der Waals surface area contributed by atoms with Gasteiger partial charge in [0.25, 0.3) is 0 Å². The molecule has 1 N–H and O–H groups in total. The SMILES string of the molecule is CC(=O)c1ccc(S(=O)(=O)NCCc2ccc(C)cc2)cc1. The lowest BCUT2D eigenvalue weighted by atomic mass is 10.1. The summed E-state index contributed by atoms with van der Waals surface area (Å²) in [7, 11) is -3.54. The molecule has 0 aliphatic rings. The van der Waals surface area contributed by atoms with Crippen LogP contribution in [0.2, 0.25) is 0 Å². The Labute approximate surface area is 131 Å². The van der Waals surface area contributed by atoms with Crippen molar-refractivity contribution in [2.45, 2.75) is 25.2 Å². The van der Waals surface area contributed by atoms with Crippen LogP contribution in [0.25, 0.3) is 0 Å². The number of Topliss-reactive ketones (excluding diaryl/α,β-unsaturated/α-hetero) is 1. The molecular formula is C17H19NO3S. The summed E-state index contributed by atoms with van der Waals surface area (Å²) in [5.41, 5.74) is 2.76. The van der Waals surface area contributed by atoms with E-state index in [1.807, 2.05) is 31.2 Å². The molecular weight excluding hydrogens is 298 g/mol. The van der Waals surface area contributed by atoms with Crippen LogP contribution in [0.1, 0.15) is 28.4 Å². The van der Waals surface area contributed by atoms with Crippen molar-refractivity contribution in [2.75, 3.05) is 6.54 Å². The van der Waals surface area contributed by atoms with Gasteiger partial charge in [-0.2, -0.15) is 0 Å². The molecule has 0 spiro atoms. The van der Waals surface area contributed by atoms with Gasteiger partial charge in [0.1, 0.15) is 0 Å². The molecule has 0 bridgehead atoms. The van der Waals surface area contributed by atoms with Crippen molar-refractivity contribution in [3.8, 4) is 0 Å². The molecule has 5 heteroatoms. The summed E-state index contributed by atoms with van der Waals surface area (Å²) in [6.07, 6.45) is 0.630. The summed E-state index contributed by atoms with van der Waals surface area (Å²) in [6.45, 7) is 3.79. The average molecular weight is 317 g/mol. The Kier molecular flexibility index (Phi) is 5.11. The zero-order chi connectivity index (χ0) is 16.2. The Hall–Kier alpha value is -1.98. The third-order valence-electron chi connectivity index (χ3n) is 3.40. The predicted octanol–water partition coefficient (Wildman–Crippen LogP) is 2.72. The van der Waals surface area contributed by atoms with E-state index in [0.717, 1.165) is 5.56 Å². The summed E-state index contributed by atoms with van der Waals surface area (Å²) in [5, 5.41) is 0.